The predicted molar refractivity (Wildman–Crippen MR) is 142 cm³/mol. The average molecular weight is 485 g/mol. The lowest BCUT2D eigenvalue weighted by Crippen LogP contribution is -2.11. The van der Waals surface area contributed by atoms with E-state index in [0.29, 0.717) is 23.8 Å². The first kappa shape index (κ1) is 23.9. The number of nitrogens with two attached hydrogens (primary N) is 1. The molecule has 1 aliphatic carbocycles. The number of carboxylic acids is 1. The molecule has 5 rings (SSSR count). The molecular formula is C30H32N2O4. The number of para-hydroxylation sites is 1. The van der Waals surface area contributed by atoms with Crippen LogP contribution in [0.5, 0.6) is 5.75 Å². The fourth-order valence-electron chi connectivity index (χ4n) is 5.05. The SMILES string of the molecule is NCc1cccc(-c2cc(NCC3CCCC3)c3occ(COc4ccccc4CC(=O)O)c3c2)c1. The number of rotatable bonds is 10. The third-order valence-corrected chi connectivity index (χ3v) is 7.00. The normalized spacial score (nSPS) is 13.8. The Kier molecular flexibility index (Phi) is 7.23. The molecular weight excluding hydrogens is 452 g/mol. The van der Waals surface area contributed by atoms with E-state index in [2.05, 4.69) is 29.6 Å². The number of anilines is 1. The van der Waals surface area contributed by atoms with Gasteiger partial charge in [-0.2, -0.15) is 0 Å². The Hall–Kier alpha value is -3.77. The van der Waals surface area contributed by atoms with E-state index in [1.807, 2.05) is 24.3 Å². The number of fused-ring (bicyclic) bond motifs is 1. The van der Waals surface area contributed by atoms with Crippen LogP contribution in [-0.2, 0) is 24.4 Å². The molecule has 1 fully saturated rings. The van der Waals surface area contributed by atoms with Gasteiger partial charge in [-0.15, -0.1) is 0 Å². The Balaban J connectivity index is 1.48. The molecule has 0 radical (unpaired) electrons. The second kappa shape index (κ2) is 10.9. The van der Waals surface area contributed by atoms with Crippen molar-refractivity contribution in [3.63, 3.8) is 0 Å². The standard InChI is InChI=1S/C30H32N2O4/c31-16-21-8-5-10-22(12-21)24-13-26-25(18-35-28-11-4-3-9-23(28)15-29(33)34)19-36-30(26)27(14-24)32-17-20-6-1-2-7-20/h3-5,8-14,19-20,32H,1-2,6-7,15-18,31H2,(H,33,34). The van der Waals surface area contributed by atoms with E-state index < -0.39 is 5.97 Å². The Labute approximate surface area is 211 Å². The van der Waals surface area contributed by atoms with E-state index in [4.69, 9.17) is 14.9 Å². The lowest BCUT2D eigenvalue weighted by Gasteiger charge is -2.14. The van der Waals surface area contributed by atoms with Gasteiger partial charge in [0, 0.05) is 29.6 Å². The van der Waals surface area contributed by atoms with Crippen molar-refractivity contribution in [1.82, 2.24) is 0 Å². The molecule has 0 spiro atoms. The van der Waals surface area contributed by atoms with Gasteiger partial charge in [-0.1, -0.05) is 49.2 Å². The highest BCUT2D eigenvalue weighted by atomic mass is 16.5. The first-order valence-corrected chi connectivity index (χ1v) is 12.6. The van der Waals surface area contributed by atoms with Crippen molar-refractivity contribution < 1.29 is 19.1 Å². The molecule has 0 atom stereocenters. The average Bonchev–Trinajstić information content (AvgIpc) is 3.56. The van der Waals surface area contributed by atoms with Gasteiger partial charge < -0.3 is 25.3 Å². The topological polar surface area (TPSA) is 97.7 Å². The van der Waals surface area contributed by atoms with E-state index in [0.717, 1.165) is 45.5 Å². The summed E-state index contributed by atoms with van der Waals surface area (Å²) in [6.45, 7) is 1.69. The molecule has 1 saturated carbocycles. The number of hydrogen-bond donors (Lipinski definition) is 3. The smallest absolute Gasteiger partial charge is 0.307 e. The largest absolute Gasteiger partial charge is 0.488 e. The minimum Gasteiger partial charge on any atom is -0.488 e. The van der Waals surface area contributed by atoms with Crippen LogP contribution in [0.15, 0.2) is 71.3 Å². The molecule has 0 saturated heterocycles. The molecule has 6 heteroatoms. The van der Waals surface area contributed by atoms with Crippen molar-refractivity contribution in [3.05, 3.63) is 83.6 Å². The van der Waals surface area contributed by atoms with Crippen molar-refractivity contribution in [3.8, 4) is 16.9 Å². The van der Waals surface area contributed by atoms with E-state index in [1.54, 1.807) is 18.4 Å². The highest BCUT2D eigenvalue weighted by Crippen LogP contribution is 2.36. The molecule has 0 amide bonds. The van der Waals surface area contributed by atoms with Crippen molar-refractivity contribution in [1.29, 1.82) is 0 Å². The second-order valence-electron chi connectivity index (χ2n) is 9.56. The summed E-state index contributed by atoms with van der Waals surface area (Å²) in [4.78, 5) is 11.3. The molecule has 1 aliphatic rings. The summed E-state index contributed by atoms with van der Waals surface area (Å²) in [5, 5.41) is 13.9. The molecule has 1 heterocycles. The Morgan fingerprint density at radius 1 is 1.03 bits per heavy atom. The summed E-state index contributed by atoms with van der Waals surface area (Å²) in [5.41, 5.74) is 12.5. The van der Waals surface area contributed by atoms with E-state index in [1.165, 1.54) is 25.7 Å². The van der Waals surface area contributed by atoms with E-state index in [9.17, 15) is 9.90 Å². The number of aliphatic carboxylic acids is 1. The summed E-state index contributed by atoms with van der Waals surface area (Å²) in [7, 11) is 0. The molecule has 3 aromatic carbocycles. The molecule has 6 nitrogen and oxygen atoms in total. The molecule has 4 N–H and O–H groups in total. The van der Waals surface area contributed by atoms with E-state index in [-0.39, 0.29) is 13.0 Å². The van der Waals surface area contributed by atoms with Gasteiger partial charge >= 0.3 is 5.97 Å². The van der Waals surface area contributed by atoms with Crippen molar-refractivity contribution in [2.45, 2.75) is 45.3 Å². The second-order valence-corrected chi connectivity index (χ2v) is 9.56. The summed E-state index contributed by atoms with van der Waals surface area (Å²) in [6, 6.07) is 19.8. The van der Waals surface area contributed by atoms with Gasteiger partial charge in [0.05, 0.1) is 18.4 Å². The zero-order valence-corrected chi connectivity index (χ0v) is 20.3. The van der Waals surface area contributed by atoms with Gasteiger partial charge in [0.1, 0.15) is 12.4 Å². The van der Waals surface area contributed by atoms with Crippen LogP contribution in [0.1, 0.15) is 42.4 Å². The van der Waals surface area contributed by atoms with Crippen LogP contribution in [0.4, 0.5) is 5.69 Å². The van der Waals surface area contributed by atoms with E-state index >= 15 is 0 Å². The lowest BCUT2D eigenvalue weighted by molar-refractivity contribution is -0.136. The Morgan fingerprint density at radius 3 is 2.67 bits per heavy atom. The van der Waals surface area contributed by atoms with Crippen LogP contribution in [-0.4, -0.2) is 17.6 Å². The number of carboxylic acid groups (broad SMARTS) is 1. The zero-order chi connectivity index (χ0) is 24.9. The number of benzene rings is 3. The Bertz CT molecular complexity index is 1350. The summed E-state index contributed by atoms with van der Waals surface area (Å²) >= 11 is 0. The van der Waals surface area contributed by atoms with Crippen molar-refractivity contribution in [2.24, 2.45) is 11.7 Å². The minimum absolute atomic E-state index is 0.0842. The van der Waals surface area contributed by atoms with Crippen molar-refractivity contribution >= 4 is 22.6 Å². The number of hydrogen-bond acceptors (Lipinski definition) is 5. The highest BCUT2D eigenvalue weighted by Gasteiger charge is 2.18. The first-order chi connectivity index (χ1) is 17.6. The maximum Gasteiger partial charge on any atom is 0.307 e. The Morgan fingerprint density at radius 2 is 1.86 bits per heavy atom. The lowest BCUT2D eigenvalue weighted by atomic mass is 9.99. The summed E-state index contributed by atoms with van der Waals surface area (Å²) < 4.78 is 12.2. The predicted octanol–water partition coefficient (Wildman–Crippen LogP) is 6.37. The van der Waals surface area contributed by atoms with Gasteiger partial charge in [-0.05, 0) is 59.7 Å². The molecule has 36 heavy (non-hydrogen) atoms. The molecule has 0 unspecified atom stereocenters. The molecule has 4 aromatic rings. The van der Waals surface area contributed by atoms with Crippen LogP contribution in [0.2, 0.25) is 0 Å². The highest BCUT2D eigenvalue weighted by molar-refractivity contribution is 5.96. The van der Waals surface area contributed by atoms with Crippen LogP contribution in [0.3, 0.4) is 0 Å². The number of carbonyl (C=O) groups is 1. The third-order valence-electron chi connectivity index (χ3n) is 7.00. The minimum atomic E-state index is -0.887. The van der Waals surface area contributed by atoms with Gasteiger partial charge in [-0.25, -0.2) is 0 Å². The third kappa shape index (κ3) is 5.39. The molecule has 186 valence electrons. The first-order valence-electron chi connectivity index (χ1n) is 12.6. The number of ether oxygens (including phenoxy) is 1. The van der Waals surface area contributed by atoms with Gasteiger partial charge in [0.25, 0.3) is 0 Å². The van der Waals surface area contributed by atoms with Gasteiger partial charge in [0.2, 0.25) is 0 Å². The summed E-state index contributed by atoms with van der Waals surface area (Å²) in [6.07, 6.45) is 6.80. The van der Waals surface area contributed by atoms with Crippen LogP contribution in [0, 0.1) is 5.92 Å². The molecule has 0 bridgehead atoms. The van der Waals surface area contributed by atoms with Crippen molar-refractivity contribution in [2.75, 3.05) is 11.9 Å². The van der Waals surface area contributed by atoms with Gasteiger partial charge in [0.15, 0.2) is 5.58 Å². The summed E-state index contributed by atoms with van der Waals surface area (Å²) in [5.74, 6) is 0.371. The number of furan rings is 1. The molecule has 0 aliphatic heterocycles. The fraction of sp³-hybridized carbons (Fsp3) is 0.300. The monoisotopic (exact) mass is 484 g/mol. The molecule has 1 aromatic heterocycles. The van der Waals surface area contributed by atoms with Crippen LogP contribution >= 0.6 is 0 Å². The maximum absolute atomic E-state index is 11.3. The van der Waals surface area contributed by atoms with Crippen LogP contribution < -0.4 is 15.8 Å². The quantitative estimate of drug-likeness (QED) is 0.242. The maximum atomic E-state index is 11.3. The zero-order valence-electron chi connectivity index (χ0n) is 20.3. The van der Waals surface area contributed by atoms with Crippen LogP contribution in [0.25, 0.3) is 22.1 Å². The van der Waals surface area contributed by atoms with Gasteiger partial charge in [-0.3, -0.25) is 4.79 Å². The fourth-order valence-corrected chi connectivity index (χ4v) is 5.05. The number of nitrogens with one attached hydrogen (secondary N) is 1.